The summed E-state index contributed by atoms with van der Waals surface area (Å²) in [7, 11) is 6.77. The first-order valence-electron chi connectivity index (χ1n) is 24.2. The molecule has 1 saturated carbocycles. The Kier molecular flexibility index (Phi) is 17.5. The second-order valence-electron chi connectivity index (χ2n) is 19.9. The van der Waals surface area contributed by atoms with E-state index in [0.29, 0.717) is 50.5 Å². The number of aryl methyl sites for hydroxylation is 1. The number of amides is 1. The third-order valence-corrected chi connectivity index (χ3v) is 15.0. The van der Waals surface area contributed by atoms with Gasteiger partial charge >= 0.3 is 5.97 Å². The lowest BCUT2D eigenvalue weighted by atomic mass is 9.81. The van der Waals surface area contributed by atoms with Crippen LogP contribution >= 0.6 is 0 Å². The third-order valence-electron chi connectivity index (χ3n) is 15.0. The lowest BCUT2D eigenvalue weighted by Crippen LogP contribution is -2.64. The van der Waals surface area contributed by atoms with E-state index in [-0.39, 0.29) is 55.6 Å². The zero-order chi connectivity index (χ0) is 48.0. The molecule has 3 fully saturated rings. The zero-order valence-electron chi connectivity index (χ0n) is 40.9. The number of benzene rings is 1. The number of hydrogen-bond donors (Lipinski definition) is 2. The van der Waals surface area contributed by atoms with Crippen LogP contribution in [0.1, 0.15) is 112 Å². The molecule has 3 aliphatic heterocycles. The van der Waals surface area contributed by atoms with Crippen molar-refractivity contribution in [3.63, 3.8) is 0 Å². The number of ketones is 2. The number of fused-ring (bicyclic) bond motifs is 4. The van der Waals surface area contributed by atoms with Crippen molar-refractivity contribution >= 4 is 34.3 Å². The van der Waals surface area contributed by atoms with Gasteiger partial charge in [0.25, 0.3) is 11.7 Å². The first-order chi connectivity index (χ1) is 31.4. The Labute approximate surface area is 391 Å². The van der Waals surface area contributed by atoms with Crippen LogP contribution in [0.3, 0.4) is 0 Å². The summed E-state index contributed by atoms with van der Waals surface area (Å²) >= 11 is 0. The summed E-state index contributed by atoms with van der Waals surface area (Å²) in [6.45, 7) is 11.4. The summed E-state index contributed by atoms with van der Waals surface area (Å²) < 4.78 is 39.1. The first kappa shape index (κ1) is 51.5. The van der Waals surface area contributed by atoms with Crippen LogP contribution < -0.4 is 4.74 Å². The van der Waals surface area contributed by atoms with E-state index < -0.39 is 77.8 Å². The number of aliphatic hydroxyl groups is 2. The molecule has 1 aromatic heterocycles. The van der Waals surface area contributed by atoms with Crippen LogP contribution in [0.15, 0.2) is 53.8 Å². The number of aromatic nitrogens is 1. The van der Waals surface area contributed by atoms with E-state index in [9.17, 15) is 29.4 Å². The third kappa shape index (κ3) is 11.5. The summed E-state index contributed by atoms with van der Waals surface area (Å²) in [6, 6.07) is 7.00. The minimum absolute atomic E-state index is 0.0165. The molecule has 1 aromatic carbocycles. The molecular weight excluding hydrogens is 845 g/mol. The van der Waals surface area contributed by atoms with Crippen molar-refractivity contribution in [1.82, 2.24) is 9.47 Å². The van der Waals surface area contributed by atoms with Crippen molar-refractivity contribution < 1.29 is 57.8 Å². The van der Waals surface area contributed by atoms with Gasteiger partial charge in [0.15, 0.2) is 0 Å². The predicted molar refractivity (Wildman–Crippen MR) is 249 cm³/mol. The Balaban J connectivity index is 1.30. The van der Waals surface area contributed by atoms with Gasteiger partial charge in [-0.25, -0.2) is 4.79 Å². The van der Waals surface area contributed by atoms with Gasteiger partial charge in [-0.2, -0.15) is 0 Å². The molecular formula is C52H76N2O12. The maximum atomic E-state index is 14.6. The molecule has 0 radical (unpaired) electrons. The average molecular weight is 921 g/mol. The second-order valence-corrected chi connectivity index (χ2v) is 19.9. The quantitative estimate of drug-likeness (QED) is 0.157. The normalized spacial score (nSPS) is 37.1. The van der Waals surface area contributed by atoms with Crippen LogP contribution in [0.4, 0.5) is 0 Å². The molecule has 66 heavy (non-hydrogen) atoms. The highest BCUT2D eigenvalue weighted by Gasteiger charge is 2.56. The number of aliphatic hydroxyl groups excluding tert-OH is 1. The minimum Gasteiger partial charge on any atom is -0.488 e. The van der Waals surface area contributed by atoms with Gasteiger partial charge < -0.3 is 48.1 Å². The molecule has 14 atom stereocenters. The lowest BCUT2D eigenvalue weighted by Gasteiger charge is -2.47. The molecule has 0 spiro atoms. The summed E-state index contributed by atoms with van der Waals surface area (Å²) in [5.74, 6) is -6.71. The van der Waals surface area contributed by atoms with Gasteiger partial charge in [0, 0.05) is 71.4 Å². The molecule has 2 saturated heterocycles. The van der Waals surface area contributed by atoms with E-state index in [1.165, 1.54) is 12.0 Å². The molecule has 14 unspecified atom stereocenters. The van der Waals surface area contributed by atoms with Crippen molar-refractivity contribution in [2.45, 2.75) is 167 Å². The van der Waals surface area contributed by atoms with Gasteiger partial charge in [-0.3, -0.25) is 14.4 Å². The number of cyclic esters (lactones) is 1. The minimum atomic E-state index is -2.51. The Morgan fingerprint density at radius 2 is 1.62 bits per heavy atom. The molecule has 6 rings (SSSR count). The van der Waals surface area contributed by atoms with Crippen molar-refractivity contribution in [1.29, 1.82) is 0 Å². The summed E-state index contributed by atoms with van der Waals surface area (Å²) in [5.41, 5.74) is 2.77. The van der Waals surface area contributed by atoms with Crippen LogP contribution in [0.5, 0.6) is 5.75 Å². The van der Waals surface area contributed by atoms with Crippen molar-refractivity contribution in [2.24, 2.45) is 36.6 Å². The van der Waals surface area contributed by atoms with E-state index in [0.717, 1.165) is 28.6 Å². The smallest absolute Gasteiger partial charge is 0.329 e. The molecule has 4 aliphatic rings. The van der Waals surface area contributed by atoms with Crippen LogP contribution in [-0.4, -0.2) is 126 Å². The summed E-state index contributed by atoms with van der Waals surface area (Å²) in [6.07, 6.45) is 6.66. The van der Waals surface area contributed by atoms with E-state index in [1.807, 2.05) is 58.3 Å². The molecule has 1 amide bonds. The number of carbonyl (C=O) groups is 4. The zero-order valence-corrected chi connectivity index (χ0v) is 40.9. The molecule has 366 valence electrons. The van der Waals surface area contributed by atoms with E-state index >= 15 is 0 Å². The molecule has 1 aliphatic carbocycles. The number of Topliss-reactive ketones (excluding diaryl/α,β-unsaturated/α-hetero) is 2. The van der Waals surface area contributed by atoms with Crippen LogP contribution in [-0.2, 0) is 49.9 Å². The number of carbonyl (C=O) groups excluding carboxylic acids is 4. The van der Waals surface area contributed by atoms with Crippen LogP contribution in [0.2, 0.25) is 0 Å². The van der Waals surface area contributed by atoms with Crippen molar-refractivity contribution in [3.8, 4) is 5.75 Å². The molecule has 2 aromatic rings. The average Bonchev–Trinajstić information content (AvgIpc) is 3.68. The fourth-order valence-electron chi connectivity index (χ4n) is 11.0. The van der Waals surface area contributed by atoms with Gasteiger partial charge in [-0.15, -0.1) is 0 Å². The number of ether oxygens (including phenoxy) is 6. The number of hydrogen-bond acceptors (Lipinski definition) is 12. The Hall–Kier alpha value is -3.92. The van der Waals surface area contributed by atoms with Crippen molar-refractivity contribution in [3.05, 3.63) is 53.8 Å². The van der Waals surface area contributed by atoms with Crippen LogP contribution in [0, 0.1) is 29.6 Å². The molecule has 14 heteroatoms. The monoisotopic (exact) mass is 921 g/mol. The van der Waals surface area contributed by atoms with Gasteiger partial charge in [0.2, 0.25) is 5.79 Å². The standard InChI is InChI=1S/C52H76N2O12/c1-11-36-23-30(2)22-31(3)24-45(62-9)48-46(63-10)26-33(5)52(60,66-48)49(57)50(58)54-20-13-12-14-39(54)51(59)65-47(34(6)41(55)29-42(36)56)32(4)25-35-15-18-43(44(27-35)61-8)64-38-17-16-37-19-21-53(7)40(37)28-38/h16-17,19,21,23,25,28,31,33-36,39,41,43-48,55,60H,11-15,18,20,22,24,26-27,29H2,1-10H3/b30-23+,32-25?. The molecule has 2 N–H and O–H groups in total. The fourth-order valence-corrected chi connectivity index (χ4v) is 11.0. The first-order valence-corrected chi connectivity index (χ1v) is 24.2. The summed E-state index contributed by atoms with van der Waals surface area (Å²) in [4.78, 5) is 58.5. The van der Waals surface area contributed by atoms with Crippen LogP contribution in [0.25, 0.3) is 10.9 Å². The van der Waals surface area contributed by atoms with E-state index in [1.54, 1.807) is 28.1 Å². The number of esters is 1. The Bertz CT molecular complexity index is 2080. The Morgan fingerprint density at radius 3 is 2.32 bits per heavy atom. The van der Waals surface area contributed by atoms with Crippen molar-refractivity contribution in [2.75, 3.05) is 27.9 Å². The van der Waals surface area contributed by atoms with Gasteiger partial charge in [-0.05, 0) is 119 Å². The molecule has 2 bridgehead atoms. The highest BCUT2D eigenvalue weighted by atomic mass is 16.7. The number of rotatable bonds is 8. The maximum absolute atomic E-state index is 14.6. The predicted octanol–water partition coefficient (Wildman–Crippen LogP) is 7.05. The number of methoxy groups -OCH3 is 3. The largest absolute Gasteiger partial charge is 0.488 e. The Morgan fingerprint density at radius 1 is 0.909 bits per heavy atom. The van der Waals surface area contributed by atoms with E-state index in [4.69, 9.17) is 28.4 Å². The van der Waals surface area contributed by atoms with Gasteiger partial charge in [0.1, 0.15) is 35.9 Å². The van der Waals surface area contributed by atoms with E-state index in [2.05, 4.69) is 23.6 Å². The SMILES string of the molecule is CCC1/C=C(\C)CC(C)CC(OC)C2OC(O)(C(=O)C(=O)N3CCCCC3C(=O)OC(C(C)=CC3CCC(Oc4ccc5ccn(C)c5c4)C(OC)C3)C(C)C(O)CC1=O)C(C)CC2OC. The topological polar surface area (TPSA) is 172 Å². The molecule has 14 nitrogen and oxygen atoms in total. The lowest BCUT2D eigenvalue weighted by molar-refractivity contribution is -0.302. The van der Waals surface area contributed by atoms with Gasteiger partial charge in [-0.1, -0.05) is 45.4 Å². The number of piperidine rings is 1. The molecule has 4 heterocycles. The fraction of sp³-hybridized carbons (Fsp3) is 0.692. The second kappa shape index (κ2) is 22.5. The van der Waals surface area contributed by atoms with Gasteiger partial charge in [0.05, 0.1) is 29.9 Å². The highest BCUT2D eigenvalue weighted by Crippen LogP contribution is 2.40. The number of nitrogens with zero attached hydrogens (tertiary/aromatic N) is 2. The number of allylic oxidation sites excluding steroid dienone is 3. The maximum Gasteiger partial charge on any atom is 0.329 e. The highest BCUT2D eigenvalue weighted by molar-refractivity contribution is 6.39. The summed E-state index contributed by atoms with van der Waals surface area (Å²) in [5, 5.41) is 25.1.